The van der Waals surface area contributed by atoms with Crippen molar-refractivity contribution in [2.75, 3.05) is 21.0 Å². The first-order valence-electron chi connectivity index (χ1n) is 8.70. The number of methoxy groups -OCH3 is 2. The standard InChI is InChI=1S/C20H19N3O5/c1-25-15-5-3-12(8-17(15)26-2)7-14-10-19(23-22-14)21-20(24)13-4-6-16-18(9-13)28-11-27-16/h3-6,8-9H,7,10-11H2,1-2H3,(H,21,23,24). The molecule has 28 heavy (non-hydrogen) atoms. The number of nitrogens with zero attached hydrogens (tertiary/aromatic N) is 2. The Balaban J connectivity index is 1.35. The van der Waals surface area contributed by atoms with E-state index in [-0.39, 0.29) is 12.7 Å². The molecule has 2 aromatic carbocycles. The van der Waals surface area contributed by atoms with Crippen molar-refractivity contribution < 1.29 is 23.7 Å². The van der Waals surface area contributed by atoms with Crippen LogP contribution < -0.4 is 24.3 Å². The van der Waals surface area contributed by atoms with Crippen LogP contribution in [0.2, 0.25) is 0 Å². The summed E-state index contributed by atoms with van der Waals surface area (Å²) in [6.07, 6.45) is 1.08. The van der Waals surface area contributed by atoms with Crippen LogP contribution >= 0.6 is 0 Å². The fourth-order valence-corrected chi connectivity index (χ4v) is 3.03. The number of amidine groups is 1. The van der Waals surface area contributed by atoms with Gasteiger partial charge in [-0.05, 0) is 35.9 Å². The number of fused-ring (bicyclic) bond motifs is 1. The van der Waals surface area contributed by atoms with Gasteiger partial charge >= 0.3 is 0 Å². The van der Waals surface area contributed by atoms with Crippen molar-refractivity contribution in [2.24, 2.45) is 10.2 Å². The average Bonchev–Trinajstić information content (AvgIpc) is 3.36. The number of nitrogens with one attached hydrogen (secondary N) is 1. The van der Waals surface area contributed by atoms with Gasteiger partial charge in [-0.1, -0.05) is 6.07 Å². The van der Waals surface area contributed by atoms with Crippen LogP contribution in [0.3, 0.4) is 0 Å². The Labute approximate surface area is 161 Å². The van der Waals surface area contributed by atoms with E-state index in [1.54, 1.807) is 32.4 Å². The van der Waals surface area contributed by atoms with E-state index in [0.29, 0.717) is 47.2 Å². The Hall–Kier alpha value is -3.55. The summed E-state index contributed by atoms with van der Waals surface area (Å²) in [6, 6.07) is 10.8. The molecule has 8 nitrogen and oxygen atoms in total. The maximum absolute atomic E-state index is 12.4. The smallest absolute Gasteiger partial charge is 0.256 e. The molecule has 0 unspecified atom stereocenters. The van der Waals surface area contributed by atoms with Gasteiger partial charge in [0.2, 0.25) is 6.79 Å². The van der Waals surface area contributed by atoms with E-state index in [1.165, 1.54) is 0 Å². The van der Waals surface area contributed by atoms with Crippen molar-refractivity contribution in [2.45, 2.75) is 12.8 Å². The fraction of sp³-hybridized carbons (Fsp3) is 0.250. The highest BCUT2D eigenvalue weighted by Gasteiger charge is 2.20. The molecule has 0 fully saturated rings. The molecule has 0 aromatic heterocycles. The van der Waals surface area contributed by atoms with Crippen LogP contribution in [0.4, 0.5) is 0 Å². The SMILES string of the molecule is COc1ccc(CC2=NN=C(NC(=O)c3ccc4c(c3)OCO4)C2)cc1OC. The normalized spacial score (nSPS) is 14.4. The number of rotatable bonds is 5. The lowest BCUT2D eigenvalue weighted by Gasteiger charge is -2.09. The highest BCUT2D eigenvalue weighted by atomic mass is 16.7. The van der Waals surface area contributed by atoms with Crippen LogP contribution in [0.5, 0.6) is 23.0 Å². The summed E-state index contributed by atoms with van der Waals surface area (Å²) >= 11 is 0. The van der Waals surface area contributed by atoms with E-state index in [4.69, 9.17) is 18.9 Å². The van der Waals surface area contributed by atoms with E-state index in [0.717, 1.165) is 11.3 Å². The lowest BCUT2D eigenvalue weighted by molar-refractivity contribution is 0.0976. The minimum Gasteiger partial charge on any atom is -0.493 e. The molecule has 2 heterocycles. The minimum absolute atomic E-state index is 0.167. The van der Waals surface area contributed by atoms with Crippen molar-refractivity contribution in [3.05, 3.63) is 47.5 Å². The molecule has 144 valence electrons. The lowest BCUT2D eigenvalue weighted by Crippen LogP contribution is -2.30. The molecular formula is C20H19N3O5. The van der Waals surface area contributed by atoms with Gasteiger partial charge in [-0.2, -0.15) is 5.10 Å². The molecule has 0 saturated heterocycles. The van der Waals surface area contributed by atoms with Gasteiger partial charge in [0.25, 0.3) is 5.91 Å². The summed E-state index contributed by atoms with van der Waals surface area (Å²) < 4.78 is 21.1. The van der Waals surface area contributed by atoms with Gasteiger partial charge in [0.1, 0.15) is 5.84 Å². The van der Waals surface area contributed by atoms with Gasteiger partial charge < -0.3 is 24.3 Å². The van der Waals surface area contributed by atoms with Gasteiger partial charge in [0, 0.05) is 18.4 Å². The lowest BCUT2D eigenvalue weighted by atomic mass is 10.1. The summed E-state index contributed by atoms with van der Waals surface area (Å²) in [4.78, 5) is 12.4. The van der Waals surface area contributed by atoms with Crippen LogP contribution in [0.25, 0.3) is 0 Å². The molecule has 2 aromatic rings. The van der Waals surface area contributed by atoms with Crippen LogP contribution in [-0.4, -0.2) is 38.5 Å². The zero-order chi connectivity index (χ0) is 19.5. The summed E-state index contributed by atoms with van der Waals surface area (Å²) in [5.41, 5.74) is 2.35. The summed E-state index contributed by atoms with van der Waals surface area (Å²) in [7, 11) is 3.20. The van der Waals surface area contributed by atoms with Crippen LogP contribution in [0.1, 0.15) is 22.3 Å². The summed E-state index contributed by atoms with van der Waals surface area (Å²) in [5, 5.41) is 11.1. The number of ether oxygens (including phenoxy) is 4. The third-order valence-corrected chi connectivity index (χ3v) is 4.43. The van der Waals surface area contributed by atoms with E-state index >= 15 is 0 Å². The molecule has 2 aliphatic rings. The number of carbonyl (C=O) groups is 1. The van der Waals surface area contributed by atoms with E-state index in [1.807, 2.05) is 18.2 Å². The predicted octanol–water partition coefficient (Wildman–Crippen LogP) is 2.56. The highest BCUT2D eigenvalue weighted by Crippen LogP contribution is 2.32. The average molecular weight is 381 g/mol. The van der Waals surface area contributed by atoms with Crippen molar-refractivity contribution >= 4 is 17.5 Å². The van der Waals surface area contributed by atoms with Crippen molar-refractivity contribution in [1.29, 1.82) is 0 Å². The monoisotopic (exact) mass is 381 g/mol. The third kappa shape index (κ3) is 3.62. The molecule has 1 amide bonds. The van der Waals surface area contributed by atoms with Crippen LogP contribution in [0.15, 0.2) is 46.6 Å². The minimum atomic E-state index is -0.264. The van der Waals surface area contributed by atoms with Crippen molar-refractivity contribution in [1.82, 2.24) is 5.32 Å². The predicted molar refractivity (Wildman–Crippen MR) is 103 cm³/mol. The van der Waals surface area contributed by atoms with Gasteiger partial charge in [-0.3, -0.25) is 4.79 Å². The molecule has 2 aliphatic heterocycles. The fourth-order valence-electron chi connectivity index (χ4n) is 3.03. The zero-order valence-electron chi connectivity index (χ0n) is 15.5. The number of carbonyl (C=O) groups excluding carboxylic acids is 1. The van der Waals surface area contributed by atoms with Gasteiger partial charge in [-0.25, -0.2) is 0 Å². The largest absolute Gasteiger partial charge is 0.493 e. The molecular weight excluding hydrogens is 362 g/mol. The van der Waals surface area contributed by atoms with E-state index < -0.39 is 0 Å². The number of amides is 1. The molecule has 0 saturated carbocycles. The first kappa shape index (κ1) is 17.8. The molecule has 0 bridgehead atoms. The van der Waals surface area contributed by atoms with Gasteiger partial charge in [0.05, 0.1) is 19.9 Å². The number of benzene rings is 2. The maximum Gasteiger partial charge on any atom is 0.256 e. The topological polar surface area (TPSA) is 90.7 Å². The first-order chi connectivity index (χ1) is 13.7. The Morgan fingerprint density at radius 1 is 1.04 bits per heavy atom. The molecule has 0 radical (unpaired) electrons. The van der Waals surface area contributed by atoms with Crippen molar-refractivity contribution in [3.8, 4) is 23.0 Å². The zero-order valence-corrected chi connectivity index (χ0v) is 15.5. The van der Waals surface area contributed by atoms with Crippen LogP contribution in [-0.2, 0) is 6.42 Å². The second-order valence-electron chi connectivity index (χ2n) is 6.28. The maximum atomic E-state index is 12.4. The highest BCUT2D eigenvalue weighted by molar-refractivity contribution is 6.14. The second-order valence-corrected chi connectivity index (χ2v) is 6.28. The number of hydrogen-bond acceptors (Lipinski definition) is 7. The van der Waals surface area contributed by atoms with Crippen LogP contribution in [0, 0.1) is 0 Å². The van der Waals surface area contributed by atoms with Gasteiger partial charge in [0.15, 0.2) is 23.0 Å². The van der Waals surface area contributed by atoms with E-state index in [9.17, 15) is 4.79 Å². The third-order valence-electron chi connectivity index (χ3n) is 4.43. The quantitative estimate of drug-likeness (QED) is 0.860. The molecule has 4 rings (SSSR count). The van der Waals surface area contributed by atoms with E-state index in [2.05, 4.69) is 15.5 Å². The van der Waals surface area contributed by atoms with Crippen molar-refractivity contribution in [3.63, 3.8) is 0 Å². The molecule has 1 N–H and O–H groups in total. The molecule has 0 aliphatic carbocycles. The first-order valence-corrected chi connectivity index (χ1v) is 8.70. The second kappa shape index (κ2) is 7.59. The molecule has 8 heteroatoms. The Kier molecular flexibility index (Phi) is 4.84. The Bertz CT molecular complexity index is 984. The Morgan fingerprint density at radius 3 is 2.68 bits per heavy atom. The molecule has 0 atom stereocenters. The summed E-state index contributed by atoms with van der Waals surface area (Å²) in [5.74, 6) is 2.78. The Morgan fingerprint density at radius 2 is 1.86 bits per heavy atom. The summed E-state index contributed by atoms with van der Waals surface area (Å²) in [6.45, 7) is 0.167. The molecule has 0 spiro atoms. The number of hydrogen-bond donors (Lipinski definition) is 1. The van der Waals surface area contributed by atoms with Gasteiger partial charge in [-0.15, -0.1) is 5.10 Å².